The van der Waals surface area contributed by atoms with Gasteiger partial charge < -0.3 is 4.90 Å². The summed E-state index contributed by atoms with van der Waals surface area (Å²) in [5.41, 5.74) is 1.43. The van der Waals surface area contributed by atoms with Crippen LogP contribution in [0.2, 0.25) is 0 Å². The van der Waals surface area contributed by atoms with E-state index in [4.69, 9.17) is 0 Å². The van der Waals surface area contributed by atoms with Gasteiger partial charge in [-0.25, -0.2) is 0 Å². The van der Waals surface area contributed by atoms with Gasteiger partial charge >= 0.3 is 0 Å². The molecule has 1 aromatic heterocycles. The van der Waals surface area contributed by atoms with Crippen molar-refractivity contribution in [3.05, 3.63) is 17.5 Å². The van der Waals surface area contributed by atoms with Crippen LogP contribution in [0.3, 0.4) is 0 Å². The molecule has 1 amide bonds. The van der Waals surface area contributed by atoms with Crippen molar-refractivity contribution in [3.8, 4) is 0 Å². The summed E-state index contributed by atoms with van der Waals surface area (Å²) in [7, 11) is -3.45. The van der Waals surface area contributed by atoms with Gasteiger partial charge in [-0.1, -0.05) is 13.8 Å². The van der Waals surface area contributed by atoms with Crippen LogP contribution in [0.15, 0.2) is 6.07 Å². The minimum Gasteiger partial charge on any atom is -0.335 e. The Morgan fingerprint density at radius 3 is 2.18 bits per heavy atom. The molecule has 1 saturated carbocycles. The standard InChI is InChI=1S/C19H33N5O3S/c1-6-22(7-2)28(26,27)23-12-10-21(11-13-23)18(25)16-14-17(15-8-9-15)24(20-16)19(3,4)5/h14-15H,6-13H2,1-5H3. The second-order valence-electron chi connectivity index (χ2n) is 8.59. The van der Waals surface area contributed by atoms with Gasteiger partial charge in [0.2, 0.25) is 0 Å². The third kappa shape index (κ3) is 4.11. The summed E-state index contributed by atoms with van der Waals surface area (Å²) in [5, 5.41) is 4.63. The minimum atomic E-state index is -3.45. The lowest BCUT2D eigenvalue weighted by atomic mass is 10.1. The molecule has 3 rings (SSSR count). The van der Waals surface area contributed by atoms with E-state index in [9.17, 15) is 13.2 Å². The average Bonchev–Trinajstić information content (AvgIpc) is 3.39. The Morgan fingerprint density at radius 2 is 1.71 bits per heavy atom. The van der Waals surface area contributed by atoms with Gasteiger partial charge in [0.15, 0.2) is 5.69 Å². The molecule has 0 spiro atoms. The summed E-state index contributed by atoms with van der Waals surface area (Å²) in [5.74, 6) is 0.397. The van der Waals surface area contributed by atoms with E-state index in [0.717, 1.165) is 18.5 Å². The highest BCUT2D eigenvalue weighted by molar-refractivity contribution is 7.86. The number of aromatic nitrogens is 2. The molecule has 158 valence electrons. The number of carbonyl (C=O) groups excluding carboxylic acids is 1. The molecule has 0 atom stereocenters. The summed E-state index contributed by atoms with van der Waals surface area (Å²) >= 11 is 0. The maximum absolute atomic E-state index is 13.0. The lowest BCUT2D eigenvalue weighted by Crippen LogP contribution is -2.54. The number of hydrogen-bond acceptors (Lipinski definition) is 4. The van der Waals surface area contributed by atoms with Gasteiger partial charge in [0.1, 0.15) is 0 Å². The van der Waals surface area contributed by atoms with E-state index in [1.807, 2.05) is 24.6 Å². The van der Waals surface area contributed by atoms with Crippen molar-refractivity contribution in [1.29, 1.82) is 0 Å². The first kappa shape index (κ1) is 21.3. The predicted octanol–water partition coefficient (Wildman–Crippen LogP) is 1.86. The van der Waals surface area contributed by atoms with E-state index < -0.39 is 10.2 Å². The van der Waals surface area contributed by atoms with Crippen molar-refractivity contribution in [2.24, 2.45) is 0 Å². The lowest BCUT2D eigenvalue weighted by molar-refractivity contribution is 0.0686. The number of piperazine rings is 1. The zero-order chi connectivity index (χ0) is 20.7. The van der Waals surface area contributed by atoms with Gasteiger partial charge in [-0.05, 0) is 39.7 Å². The normalized spacial score (nSPS) is 19.4. The number of carbonyl (C=O) groups is 1. The van der Waals surface area contributed by atoms with Crippen molar-refractivity contribution >= 4 is 16.1 Å². The van der Waals surface area contributed by atoms with E-state index >= 15 is 0 Å². The molecule has 0 unspecified atom stereocenters. The maximum Gasteiger partial charge on any atom is 0.282 e. The molecule has 0 radical (unpaired) electrons. The number of hydrogen-bond donors (Lipinski definition) is 0. The molecule has 2 fully saturated rings. The van der Waals surface area contributed by atoms with Gasteiger partial charge in [-0.2, -0.15) is 22.1 Å². The van der Waals surface area contributed by atoms with Crippen LogP contribution < -0.4 is 0 Å². The molecule has 8 nitrogen and oxygen atoms in total. The fourth-order valence-corrected chi connectivity index (χ4v) is 5.31. The topological polar surface area (TPSA) is 78.8 Å². The SMILES string of the molecule is CCN(CC)S(=O)(=O)N1CCN(C(=O)c2cc(C3CC3)n(C(C)(C)C)n2)CC1. The summed E-state index contributed by atoms with van der Waals surface area (Å²) in [6.45, 7) is 12.3. The van der Waals surface area contributed by atoms with Crippen molar-refractivity contribution in [2.75, 3.05) is 39.3 Å². The molecule has 2 aliphatic rings. The Hall–Kier alpha value is -1.45. The Morgan fingerprint density at radius 1 is 1.14 bits per heavy atom. The first-order valence-corrected chi connectivity index (χ1v) is 11.6. The maximum atomic E-state index is 13.0. The van der Waals surface area contributed by atoms with Gasteiger partial charge in [0.25, 0.3) is 16.1 Å². The number of amides is 1. The Kier molecular flexibility index (Phi) is 5.89. The van der Waals surface area contributed by atoms with Crippen LogP contribution in [-0.2, 0) is 15.7 Å². The predicted molar refractivity (Wildman–Crippen MR) is 109 cm³/mol. The Bertz CT molecular complexity index is 811. The van der Waals surface area contributed by atoms with Crippen LogP contribution in [0.1, 0.15) is 69.6 Å². The monoisotopic (exact) mass is 411 g/mol. The molecular weight excluding hydrogens is 378 g/mol. The molecule has 1 saturated heterocycles. The van der Waals surface area contributed by atoms with Crippen LogP contribution >= 0.6 is 0 Å². The van der Waals surface area contributed by atoms with E-state index in [0.29, 0.717) is 50.9 Å². The second-order valence-corrected chi connectivity index (χ2v) is 10.5. The summed E-state index contributed by atoms with van der Waals surface area (Å²) in [6.07, 6.45) is 2.30. The van der Waals surface area contributed by atoms with Crippen molar-refractivity contribution in [1.82, 2.24) is 23.3 Å². The first-order valence-electron chi connectivity index (χ1n) is 10.2. The molecule has 1 aliphatic carbocycles. The molecule has 1 aliphatic heterocycles. The molecule has 0 N–H and O–H groups in total. The van der Waals surface area contributed by atoms with Crippen molar-refractivity contribution < 1.29 is 13.2 Å². The Labute approximate surface area is 168 Å². The highest BCUT2D eigenvalue weighted by atomic mass is 32.2. The van der Waals surface area contributed by atoms with Gasteiger partial charge in [0, 0.05) is 50.9 Å². The number of rotatable bonds is 6. The molecule has 9 heteroatoms. The molecule has 0 bridgehead atoms. The zero-order valence-corrected chi connectivity index (χ0v) is 18.5. The zero-order valence-electron chi connectivity index (χ0n) is 17.7. The van der Waals surface area contributed by atoms with Gasteiger partial charge in [-0.3, -0.25) is 9.48 Å². The van der Waals surface area contributed by atoms with Crippen LogP contribution in [0.4, 0.5) is 0 Å². The van der Waals surface area contributed by atoms with Gasteiger partial charge in [-0.15, -0.1) is 0 Å². The van der Waals surface area contributed by atoms with Crippen LogP contribution in [0, 0.1) is 0 Å². The molecule has 0 aromatic carbocycles. The Balaban J connectivity index is 1.71. The summed E-state index contributed by atoms with van der Waals surface area (Å²) in [6, 6.07) is 1.93. The van der Waals surface area contributed by atoms with Crippen molar-refractivity contribution in [3.63, 3.8) is 0 Å². The third-order valence-electron chi connectivity index (χ3n) is 5.47. The van der Waals surface area contributed by atoms with E-state index in [-0.39, 0.29) is 11.4 Å². The summed E-state index contributed by atoms with van der Waals surface area (Å²) < 4.78 is 30.3. The average molecular weight is 412 g/mol. The largest absolute Gasteiger partial charge is 0.335 e. The third-order valence-corrected chi connectivity index (χ3v) is 7.66. The summed E-state index contributed by atoms with van der Waals surface area (Å²) in [4.78, 5) is 14.7. The molecule has 2 heterocycles. The highest BCUT2D eigenvalue weighted by Crippen LogP contribution is 2.41. The van der Waals surface area contributed by atoms with Crippen molar-refractivity contribution in [2.45, 2.75) is 58.9 Å². The first-order chi connectivity index (χ1) is 13.1. The molecular formula is C19H33N5O3S. The highest BCUT2D eigenvalue weighted by Gasteiger charge is 2.35. The van der Waals surface area contributed by atoms with E-state index in [1.165, 1.54) is 8.61 Å². The molecule has 1 aromatic rings. The number of nitrogens with zero attached hydrogens (tertiary/aromatic N) is 5. The smallest absolute Gasteiger partial charge is 0.282 e. The van der Waals surface area contributed by atoms with Crippen LogP contribution in [-0.4, -0.2) is 76.9 Å². The fraction of sp³-hybridized carbons (Fsp3) is 0.789. The van der Waals surface area contributed by atoms with E-state index in [2.05, 4.69) is 25.9 Å². The lowest BCUT2D eigenvalue weighted by Gasteiger charge is -2.36. The molecule has 28 heavy (non-hydrogen) atoms. The van der Waals surface area contributed by atoms with Crippen LogP contribution in [0.25, 0.3) is 0 Å². The van der Waals surface area contributed by atoms with E-state index in [1.54, 1.807) is 4.90 Å². The van der Waals surface area contributed by atoms with Gasteiger partial charge in [0.05, 0.1) is 5.54 Å². The quantitative estimate of drug-likeness (QED) is 0.716. The fourth-order valence-electron chi connectivity index (χ4n) is 3.70. The van der Waals surface area contributed by atoms with Crippen LogP contribution in [0.5, 0.6) is 0 Å². The minimum absolute atomic E-state index is 0.107. The second kappa shape index (κ2) is 7.76.